The fourth-order valence-corrected chi connectivity index (χ4v) is 3.81. The number of hydrogen-bond acceptors (Lipinski definition) is 2. The lowest BCUT2D eigenvalue weighted by atomic mass is 9.61. The minimum atomic E-state index is -4.69. The van der Waals surface area contributed by atoms with Crippen LogP contribution in [0, 0.1) is 17.3 Å². The van der Waals surface area contributed by atoms with E-state index >= 15 is 0 Å². The Morgan fingerprint density at radius 1 is 1.23 bits per heavy atom. The lowest BCUT2D eigenvalue weighted by Gasteiger charge is -2.45. The van der Waals surface area contributed by atoms with Gasteiger partial charge in [-0.3, -0.25) is 0 Å². The zero-order valence-corrected chi connectivity index (χ0v) is 13.2. The quantitative estimate of drug-likeness (QED) is 0.842. The number of rotatable bonds is 3. The third-order valence-corrected chi connectivity index (χ3v) is 4.79. The molecular formula is C17H23F3O2. The van der Waals surface area contributed by atoms with Gasteiger partial charge in [0.05, 0.1) is 6.10 Å². The number of halogens is 3. The SMILES string of the molecule is C[C@H]1CCCC(C)(C)[C@H]1C(O)c1ccc(OC(F)(F)F)cc1. The summed E-state index contributed by atoms with van der Waals surface area (Å²) < 4.78 is 40.4. The largest absolute Gasteiger partial charge is 0.573 e. The van der Waals surface area contributed by atoms with Crippen molar-refractivity contribution < 1.29 is 23.0 Å². The van der Waals surface area contributed by atoms with Gasteiger partial charge < -0.3 is 9.84 Å². The van der Waals surface area contributed by atoms with Crippen molar-refractivity contribution in [1.82, 2.24) is 0 Å². The molecule has 1 fully saturated rings. The standard InChI is InChI=1S/C17H23F3O2/c1-11-5-4-10-16(2,3)14(11)15(21)12-6-8-13(9-7-12)22-17(18,19)20/h6-9,11,14-15,21H,4-5,10H2,1-3H3/t11-,14+,15?/m0/s1. The van der Waals surface area contributed by atoms with Crippen molar-refractivity contribution in [2.24, 2.45) is 17.3 Å². The highest BCUT2D eigenvalue weighted by molar-refractivity contribution is 5.29. The molecule has 1 aliphatic carbocycles. The molecule has 0 amide bonds. The van der Waals surface area contributed by atoms with E-state index in [1.54, 1.807) is 0 Å². The first-order valence-corrected chi connectivity index (χ1v) is 7.64. The zero-order chi connectivity index (χ0) is 16.5. The molecule has 0 aliphatic heterocycles. The highest BCUT2D eigenvalue weighted by Gasteiger charge is 2.41. The Morgan fingerprint density at radius 2 is 1.82 bits per heavy atom. The predicted molar refractivity (Wildman–Crippen MR) is 78.4 cm³/mol. The Kier molecular flexibility index (Phi) is 4.76. The van der Waals surface area contributed by atoms with Gasteiger partial charge >= 0.3 is 6.36 Å². The third-order valence-electron chi connectivity index (χ3n) is 4.79. The zero-order valence-electron chi connectivity index (χ0n) is 13.2. The van der Waals surface area contributed by atoms with Crippen LogP contribution in [0.3, 0.4) is 0 Å². The number of aliphatic hydroxyl groups is 1. The molecule has 22 heavy (non-hydrogen) atoms. The maximum absolute atomic E-state index is 12.2. The van der Waals surface area contributed by atoms with Crippen molar-refractivity contribution in [3.63, 3.8) is 0 Å². The van der Waals surface area contributed by atoms with Crippen molar-refractivity contribution in [3.05, 3.63) is 29.8 Å². The number of benzene rings is 1. The molecule has 0 bridgehead atoms. The molecule has 1 N–H and O–H groups in total. The molecule has 1 aromatic rings. The molecule has 1 saturated carbocycles. The van der Waals surface area contributed by atoms with Crippen molar-refractivity contribution in [1.29, 1.82) is 0 Å². The number of alkyl halides is 3. The van der Waals surface area contributed by atoms with Gasteiger partial charge in [-0.2, -0.15) is 0 Å². The van der Waals surface area contributed by atoms with E-state index in [-0.39, 0.29) is 17.1 Å². The normalized spacial score (nSPS) is 26.5. The molecule has 3 atom stereocenters. The predicted octanol–water partition coefficient (Wildman–Crippen LogP) is 5.08. The van der Waals surface area contributed by atoms with E-state index in [1.807, 2.05) is 0 Å². The topological polar surface area (TPSA) is 29.5 Å². The van der Waals surface area contributed by atoms with E-state index in [2.05, 4.69) is 25.5 Å². The summed E-state index contributed by atoms with van der Waals surface area (Å²) in [5, 5.41) is 10.7. The van der Waals surface area contributed by atoms with Gasteiger partial charge in [0.1, 0.15) is 5.75 Å². The highest BCUT2D eigenvalue weighted by atomic mass is 19.4. The molecule has 0 aromatic heterocycles. The summed E-state index contributed by atoms with van der Waals surface area (Å²) in [5.41, 5.74) is 0.652. The second kappa shape index (κ2) is 6.11. The van der Waals surface area contributed by atoms with Crippen molar-refractivity contribution in [3.8, 4) is 5.75 Å². The van der Waals surface area contributed by atoms with Crippen LogP contribution in [0.4, 0.5) is 13.2 Å². The molecule has 124 valence electrons. The fraction of sp³-hybridized carbons (Fsp3) is 0.647. The number of ether oxygens (including phenoxy) is 1. The second-order valence-electron chi connectivity index (χ2n) is 6.95. The smallest absolute Gasteiger partial charge is 0.406 e. The Labute approximate surface area is 129 Å². The van der Waals surface area contributed by atoms with Crippen LogP contribution in [-0.4, -0.2) is 11.5 Å². The summed E-state index contributed by atoms with van der Waals surface area (Å²) >= 11 is 0. The van der Waals surface area contributed by atoms with Crippen LogP contribution in [0.1, 0.15) is 51.7 Å². The summed E-state index contributed by atoms with van der Waals surface area (Å²) in [6.07, 6.45) is -2.10. The van der Waals surface area contributed by atoms with Gasteiger partial charge in [0, 0.05) is 0 Å². The molecule has 0 heterocycles. The summed E-state index contributed by atoms with van der Waals surface area (Å²) in [5.74, 6) is 0.208. The van der Waals surface area contributed by atoms with Crippen molar-refractivity contribution >= 4 is 0 Å². The highest BCUT2D eigenvalue weighted by Crippen LogP contribution is 2.49. The van der Waals surface area contributed by atoms with E-state index in [1.165, 1.54) is 24.3 Å². The van der Waals surface area contributed by atoms with E-state index in [9.17, 15) is 18.3 Å². The first-order valence-electron chi connectivity index (χ1n) is 7.64. The summed E-state index contributed by atoms with van der Waals surface area (Å²) in [7, 11) is 0. The van der Waals surface area contributed by atoms with E-state index in [0.717, 1.165) is 19.3 Å². The van der Waals surface area contributed by atoms with Crippen LogP contribution in [0.25, 0.3) is 0 Å². The lowest BCUT2D eigenvalue weighted by molar-refractivity contribution is -0.274. The van der Waals surface area contributed by atoms with Crippen LogP contribution >= 0.6 is 0 Å². The minimum absolute atomic E-state index is 0.0121. The number of aliphatic hydroxyl groups excluding tert-OH is 1. The third kappa shape index (κ3) is 3.94. The molecular weight excluding hydrogens is 293 g/mol. The minimum Gasteiger partial charge on any atom is -0.406 e. The fourth-order valence-electron chi connectivity index (χ4n) is 3.81. The molecule has 0 spiro atoms. The molecule has 1 unspecified atom stereocenters. The van der Waals surface area contributed by atoms with E-state index in [4.69, 9.17) is 0 Å². The molecule has 2 rings (SSSR count). The summed E-state index contributed by atoms with van der Waals surface area (Å²) in [4.78, 5) is 0. The average molecular weight is 316 g/mol. The average Bonchev–Trinajstić information content (AvgIpc) is 2.36. The monoisotopic (exact) mass is 316 g/mol. The summed E-state index contributed by atoms with van der Waals surface area (Å²) in [6.45, 7) is 6.44. The molecule has 1 aliphatic rings. The van der Waals surface area contributed by atoms with Crippen molar-refractivity contribution in [2.75, 3.05) is 0 Å². The van der Waals surface area contributed by atoms with E-state index < -0.39 is 12.5 Å². The van der Waals surface area contributed by atoms with Gasteiger partial charge in [-0.15, -0.1) is 13.2 Å². The van der Waals surface area contributed by atoms with Crippen LogP contribution in [0.5, 0.6) is 5.75 Å². The van der Waals surface area contributed by atoms with Crippen LogP contribution < -0.4 is 4.74 Å². The Hall–Kier alpha value is -1.23. The first-order chi connectivity index (χ1) is 10.1. The van der Waals surface area contributed by atoms with Crippen molar-refractivity contribution in [2.45, 2.75) is 52.5 Å². The van der Waals surface area contributed by atoms with Crippen LogP contribution in [-0.2, 0) is 0 Å². The second-order valence-corrected chi connectivity index (χ2v) is 6.95. The number of hydrogen-bond donors (Lipinski definition) is 1. The molecule has 0 saturated heterocycles. The Morgan fingerprint density at radius 3 is 2.32 bits per heavy atom. The van der Waals surface area contributed by atoms with Crippen LogP contribution in [0.2, 0.25) is 0 Å². The molecule has 2 nitrogen and oxygen atoms in total. The van der Waals surface area contributed by atoms with Gasteiger partial charge in [0.2, 0.25) is 0 Å². The van der Waals surface area contributed by atoms with Gasteiger partial charge in [0.25, 0.3) is 0 Å². The van der Waals surface area contributed by atoms with Crippen LogP contribution in [0.15, 0.2) is 24.3 Å². The van der Waals surface area contributed by atoms with Gasteiger partial charge in [-0.1, -0.05) is 45.7 Å². The van der Waals surface area contributed by atoms with Gasteiger partial charge in [0.15, 0.2) is 0 Å². The first kappa shape index (κ1) is 17.1. The maximum atomic E-state index is 12.2. The van der Waals surface area contributed by atoms with Gasteiger partial charge in [-0.05, 0) is 41.4 Å². The summed E-state index contributed by atoms with van der Waals surface area (Å²) in [6, 6.07) is 5.55. The molecule has 5 heteroatoms. The Balaban J connectivity index is 2.16. The molecule has 0 radical (unpaired) electrons. The maximum Gasteiger partial charge on any atom is 0.573 e. The van der Waals surface area contributed by atoms with Gasteiger partial charge in [-0.25, -0.2) is 0 Å². The van der Waals surface area contributed by atoms with E-state index in [0.29, 0.717) is 11.5 Å². The lowest BCUT2D eigenvalue weighted by Crippen LogP contribution is -2.37. The molecule has 1 aromatic carbocycles. The Bertz CT molecular complexity index is 494.